The van der Waals surface area contributed by atoms with Gasteiger partial charge < -0.3 is 25.2 Å². The van der Waals surface area contributed by atoms with Gasteiger partial charge in [0.05, 0.1) is 11.3 Å². The van der Waals surface area contributed by atoms with Gasteiger partial charge in [-0.2, -0.15) is 4.31 Å². The molecule has 0 spiro atoms. The number of aromatic nitrogens is 2. The van der Waals surface area contributed by atoms with Gasteiger partial charge in [-0.1, -0.05) is 0 Å². The van der Waals surface area contributed by atoms with E-state index < -0.39 is 10.0 Å². The average molecular weight is 487 g/mol. The van der Waals surface area contributed by atoms with Crippen molar-refractivity contribution < 1.29 is 18.3 Å². The molecule has 1 aromatic carbocycles. The number of rotatable bonds is 7. The summed E-state index contributed by atoms with van der Waals surface area (Å²) < 4.78 is 27.4. The van der Waals surface area contributed by atoms with Crippen molar-refractivity contribution in [3.8, 4) is 17.1 Å². The molecule has 1 aliphatic rings. The van der Waals surface area contributed by atoms with Crippen LogP contribution < -0.4 is 5.32 Å². The van der Waals surface area contributed by atoms with Crippen LogP contribution in [0.5, 0.6) is 5.88 Å². The smallest absolute Gasteiger partial charge is 0.251 e. The van der Waals surface area contributed by atoms with Crippen LogP contribution in [0.25, 0.3) is 22.2 Å². The molecule has 0 radical (unpaired) electrons. The van der Waals surface area contributed by atoms with Crippen LogP contribution in [0.2, 0.25) is 0 Å². The summed E-state index contributed by atoms with van der Waals surface area (Å²) in [5, 5.41) is 14.0. The zero-order valence-electron chi connectivity index (χ0n) is 19.6. The minimum absolute atomic E-state index is 0.0951. The number of aromatic amines is 1. The monoisotopic (exact) mass is 486 g/mol. The fourth-order valence-corrected chi connectivity index (χ4v) is 5.30. The van der Waals surface area contributed by atoms with Crippen LogP contribution in [0.15, 0.2) is 41.4 Å². The van der Waals surface area contributed by atoms with Crippen molar-refractivity contribution in [3.63, 3.8) is 0 Å². The van der Waals surface area contributed by atoms with Gasteiger partial charge in [0.1, 0.15) is 4.90 Å². The van der Waals surface area contributed by atoms with Crippen molar-refractivity contribution in [2.24, 2.45) is 0 Å². The highest BCUT2D eigenvalue weighted by atomic mass is 32.2. The molecule has 0 bridgehead atoms. The number of nitrogens with one attached hydrogen (secondary N) is 2. The van der Waals surface area contributed by atoms with Gasteiger partial charge in [0.15, 0.2) is 5.88 Å². The van der Waals surface area contributed by atoms with Gasteiger partial charge in [0.2, 0.25) is 10.0 Å². The first-order valence-corrected chi connectivity index (χ1v) is 12.5. The number of hydrogen-bond donors (Lipinski definition) is 3. The fourth-order valence-electron chi connectivity index (χ4n) is 3.93. The average Bonchev–Trinajstić information content (AvgIpc) is 3.14. The maximum absolute atomic E-state index is 13.0. The SMILES string of the molecule is CN(C)CCNC(=O)c1ccc2[nH]c(O)c(-c3ccc(S(=O)(=O)N4CCN(C)CC4)cn3)c2c1. The predicted molar refractivity (Wildman–Crippen MR) is 130 cm³/mol. The van der Waals surface area contributed by atoms with E-state index in [1.165, 1.54) is 16.6 Å². The molecule has 1 saturated heterocycles. The van der Waals surface area contributed by atoms with Crippen LogP contribution in [0.4, 0.5) is 0 Å². The Labute approximate surface area is 199 Å². The lowest BCUT2D eigenvalue weighted by molar-refractivity contribution is 0.0951. The molecule has 11 heteroatoms. The van der Waals surface area contributed by atoms with Gasteiger partial charge in [0, 0.05) is 61.9 Å². The summed E-state index contributed by atoms with van der Waals surface area (Å²) in [5.41, 5.74) is 1.93. The largest absolute Gasteiger partial charge is 0.494 e. The molecule has 182 valence electrons. The van der Waals surface area contributed by atoms with E-state index in [9.17, 15) is 18.3 Å². The lowest BCUT2D eigenvalue weighted by Gasteiger charge is -2.31. The van der Waals surface area contributed by atoms with Crippen molar-refractivity contribution in [2.45, 2.75) is 4.90 Å². The number of H-pyrrole nitrogens is 1. The van der Waals surface area contributed by atoms with Crippen LogP contribution in [0, 0.1) is 0 Å². The van der Waals surface area contributed by atoms with E-state index in [1.54, 1.807) is 24.3 Å². The fraction of sp³-hybridized carbons (Fsp3) is 0.391. The number of aromatic hydroxyl groups is 1. The van der Waals surface area contributed by atoms with Crippen molar-refractivity contribution in [3.05, 3.63) is 42.1 Å². The number of carbonyl (C=O) groups excluding carboxylic acids is 1. The Morgan fingerprint density at radius 3 is 2.56 bits per heavy atom. The Bertz CT molecular complexity index is 1280. The number of fused-ring (bicyclic) bond motifs is 1. The second kappa shape index (κ2) is 9.71. The lowest BCUT2D eigenvalue weighted by Crippen LogP contribution is -2.47. The lowest BCUT2D eigenvalue weighted by atomic mass is 10.1. The summed E-state index contributed by atoms with van der Waals surface area (Å²) in [5.74, 6) is -0.306. The number of benzene rings is 1. The summed E-state index contributed by atoms with van der Waals surface area (Å²) in [7, 11) is 2.19. The topological polar surface area (TPSA) is 122 Å². The second-order valence-electron chi connectivity index (χ2n) is 8.75. The quantitative estimate of drug-likeness (QED) is 0.458. The summed E-state index contributed by atoms with van der Waals surface area (Å²) in [6, 6.07) is 8.20. The first-order valence-electron chi connectivity index (χ1n) is 11.1. The minimum atomic E-state index is -3.64. The molecule has 1 fully saturated rings. The molecule has 3 N–H and O–H groups in total. The number of piperazine rings is 1. The number of nitrogens with zero attached hydrogens (tertiary/aromatic N) is 4. The molecule has 2 aromatic heterocycles. The van der Waals surface area contributed by atoms with E-state index in [1.807, 2.05) is 26.0 Å². The molecule has 0 unspecified atom stereocenters. The number of amides is 1. The van der Waals surface area contributed by atoms with E-state index in [0.29, 0.717) is 60.4 Å². The molecule has 0 saturated carbocycles. The molecular weight excluding hydrogens is 456 g/mol. The number of hydrogen-bond acceptors (Lipinski definition) is 7. The van der Waals surface area contributed by atoms with Crippen LogP contribution >= 0.6 is 0 Å². The van der Waals surface area contributed by atoms with Crippen LogP contribution in [0.3, 0.4) is 0 Å². The Morgan fingerprint density at radius 1 is 1.18 bits per heavy atom. The highest BCUT2D eigenvalue weighted by Crippen LogP contribution is 2.36. The molecule has 0 atom stereocenters. The van der Waals surface area contributed by atoms with Gasteiger partial charge in [-0.15, -0.1) is 0 Å². The third-order valence-electron chi connectivity index (χ3n) is 5.98. The molecular formula is C23H30N6O4S. The Balaban J connectivity index is 1.60. The number of sulfonamides is 1. The van der Waals surface area contributed by atoms with E-state index >= 15 is 0 Å². The third-order valence-corrected chi connectivity index (χ3v) is 7.86. The van der Waals surface area contributed by atoms with Gasteiger partial charge in [0.25, 0.3) is 5.91 Å². The molecule has 1 amide bonds. The van der Waals surface area contributed by atoms with Crippen molar-refractivity contribution in [1.82, 2.24) is 29.4 Å². The van der Waals surface area contributed by atoms with Crippen molar-refractivity contribution in [2.75, 3.05) is 60.4 Å². The van der Waals surface area contributed by atoms with Gasteiger partial charge in [-0.25, -0.2) is 8.42 Å². The predicted octanol–water partition coefficient (Wildman–Crippen LogP) is 1.16. The first-order chi connectivity index (χ1) is 16.2. The van der Waals surface area contributed by atoms with Crippen LogP contribution in [0.1, 0.15) is 10.4 Å². The Hall–Kier alpha value is -2.99. The maximum Gasteiger partial charge on any atom is 0.251 e. The standard InChI is InChI=1S/C23H30N6O4S/c1-27(2)9-8-24-22(30)16-4-6-19-18(14-16)21(23(31)26-19)20-7-5-17(15-25-20)34(32,33)29-12-10-28(3)11-13-29/h4-7,14-15,26,31H,8-13H2,1-3H3,(H,24,30). The Morgan fingerprint density at radius 2 is 1.91 bits per heavy atom. The third kappa shape index (κ3) is 4.92. The van der Waals surface area contributed by atoms with E-state index in [0.717, 1.165) is 6.54 Å². The van der Waals surface area contributed by atoms with Gasteiger partial charge >= 0.3 is 0 Å². The van der Waals surface area contributed by atoms with Crippen molar-refractivity contribution >= 4 is 26.8 Å². The molecule has 1 aliphatic heterocycles. The molecule has 4 rings (SSSR count). The molecule has 3 aromatic rings. The summed E-state index contributed by atoms with van der Waals surface area (Å²) in [6.45, 7) is 3.46. The van der Waals surface area contributed by atoms with E-state index in [2.05, 4.69) is 20.2 Å². The van der Waals surface area contributed by atoms with E-state index in [-0.39, 0.29) is 16.7 Å². The number of carbonyl (C=O) groups is 1. The summed E-state index contributed by atoms with van der Waals surface area (Å²) in [6.07, 6.45) is 1.32. The normalized spacial score (nSPS) is 15.8. The molecule has 3 heterocycles. The highest BCUT2D eigenvalue weighted by molar-refractivity contribution is 7.89. The summed E-state index contributed by atoms with van der Waals surface area (Å²) >= 11 is 0. The zero-order valence-corrected chi connectivity index (χ0v) is 20.4. The Kier molecular flexibility index (Phi) is 6.89. The highest BCUT2D eigenvalue weighted by Gasteiger charge is 2.28. The molecule has 10 nitrogen and oxygen atoms in total. The van der Waals surface area contributed by atoms with Gasteiger partial charge in [-0.3, -0.25) is 9.78 Å². The second-order valence-corrected chi connectivity index (χ2v) is 10.7. The zero-order chi connectivity index (χ0) is 24.5. The first kappa shape index (κ1) is 24.1. The van der Waals surface area contributed by atoms with Crippen LogP contribution in [-0.2, 0) is 10.0 Å². The molecule has 0 aliphatic carbocycles. The summed E-state index contributed by atoms with van der Waals surface area (Å²) in [4.78, 5) is 24.0. The minimum Gasteiger partial charge on any atom is -0.494 e. The number of pyridine rings is 1. The van der Waals surface area contributed by atoms with E-state index in [4.69, 9.17) is 0 Å². The maximum atomic E-state index is 13.0. The van der Waals surface area contributed by atoms with Gasteiger partial charge in [-0.05, 0) is 51.5 Å². The molecule has 34 heavy (non-hydrogen) atoms. The van der Waals surface area contributed by atoms with Crippen molar-refractivity contribution in [1.29, 1.82) is 0 Å². The number of likely N-dealkylation sites (N-methyl/N-ethyl adjacent to an activating group) is 2. The van der Waals surface area contributed by atoms with Crippen LogP contribution in [-0.4, -0.2) is 104 Å².